The first-order chi connectivity index (χ1) is 11.9. The largest absolute Gasteiger partial charge is 0.481 e. The molecule has 3 rings (SSSR count). The Hall–Kier alpha value is -2.63. The van der Waals surface area contributed by atoms with Crippen molar-refractivity contribution >= 4 is 11.9 Å². The molecule has 0 aliphatic carbocycles. The van der Waals surface area contributed by atoms with Gasteiger partial charge in [-0.2, -0.15) is 5.10 Å². The molecule has 1 aromatic heterocycles. The van der Waals surface area contributed by atoms with E-state index in [4.69, 9.17) is 5.11 Å². The molecule has 1 N–H and O–H groups in total. The summed E-state index contributed by atoms with van der Waals surface area (Å²) in [7, 11) is 0. The predicted octanol–water partition coefficient (Wildman–Crippen LogP) is 2.85. The van der Waals surface area contributed by atoms with Crippen LogP contribution >= 0.6 is 0 Å². The summed E-state index contributed by atoms with van der Waals surface area (Å²) in [6.45, 7) is 6.83. The number of benzene rings is 1. The van der Waals surface area contributed by atoms with Crippen LogP contribution in [-0.2, 0) is 4.79 Å². The summed E-state index contributed by atoms with van der Waals surface area (Å²) < 4.78 is 1.81. The van der Waals surface area contributed by atoms with Crippen LogP contribution in [0.15, 0.2) is 30.5 Å². The van der Waals surface area contributed by atoms with E-state index in [2.05, 4.69) is 5.10 Å². The Kier molecular flexibility index (Phi) is 4.61. The molecule has 132 valence electrons. The van der Waals surface area contributed by atoms with E-state index in [-0.39, 0.29) is 18.4 Å². The monoisotopic (exact) mass is 341 g/mol. The molecule has 1 aromatic carbocycles. The van der Waals surface area contributed by atoms with Gasteiger partial charge in [0.2, 0.25) is 0 Å². The second-order valence-corrected chi connectivity index (χ2v) is 6.92. The van der Waals surface area contributed by atoms with Gasteiger partial charge in [0, 0.05) is 13.1 Å². The number of rotatable bonds is 4. The third kappa shape index (κ3) is 3.29. The minimum absolute atomic E-state index is 0.112. The van der Waals surface area contributed by atoms with Crippen LogP contribution in [0.3, 0.4) is 0 Å². The van der Waals surface area contributed by atoms with Crippen molar-refractivity contribution in [2.45, 2.75) is 33.1 Å². The van der Waals surface area contributed by atoms with Gasteiger partial charge in [-0.15, -0.1) is 0 Å². The first kappa shape index (κ1) is 17.2. The molecule has 0 bridgehead atoms. The Morgan fingerprint density at radius 2 is 1.92 bits per heavy atom. The van der Waals surface area contributed by atoms with Crippen LogP contribution in [0, 0.1) is 12.8 Å². The van der Waals surface area contributed by atoms with Gasteiger partial charge in [-0.05, 0) is 31.4 Å². The Bertz CT molecular complexity index is 793. The molecular formula is C19H23N3O3. The maximum atomic E-state index is 12.9. The zero-order chi connectivity index (χ0) is 18.1. The summed E-state index contributed by atoms with van der Waals surface area (Å²) in [5.74, 6) is -1.33. The van der Waals surface area contributed by atoms with Gasteiger partial charge in [-0.25, -0.2) is 4.68 Å². The van der Waals surface area contributed by atoms with E-state index in [9.17, 15) is 9.59 Å². The average Bonchev–Trinajstić information content (AvgIpc) is 3.22. The van der Waals surface area contributed by atoms with Crippen molar-refractivity contribution in [3.05, 3.63) is 47.3 Å². The molecule has 1 saturated heterocycles. The van der Waals surface area contributed by atoms with Crippen LogP contribution in [0.2, 0.25) is 0 Å². The number of aliphatic carboxylic acids is 1. The number of carbonyl (C=O) groups excluding carboxylic acids is 1. The van der Waals surface area contributed by atoms with Gasteiger partial charge in [0.05, 0.1) is 29.1 Å². The van der Waals surface area contributed by atoms with E-state index >= 15 is 0 Å². The minimum atomic E-state index is -0.838. The number of hydrogen-bond acceptors (Lipinski definition) is 3. The molecule has 1 atom stereocenters. The third-order valence-electron chi connectivity index (χ3n) is 4.69. The highest BCUT2D eigenvalue weighted by atomic mass is 16.4. The van der Waals surface area contributed by atoms with E-state index in [1.54, 1.807) is 11.1 Å². The maximum Gasteiger partial charge on any atom is 0.308 e. The molecule has 6 nitrogen and oxygen atoms in total. The van der Waals surface area contributed by atoms with Crippen LogP contribution in [0.4, 0.5) is 0 Å². The summed E-state index contributed by atoms with van der Waals surface area (Å²) in [5, 5.41) is 13.6. The lowest BCUT2D eigenvalue weighted by atomic mass is 10.0. The topological polar surface area (TPSA) is 75.4 Å². The Morgan fingerprint density at radius 1 is 1.24 bits per heavy atom. The summed E-state index contributed by atoms with van der Waals surface area (Å²) in [4.78, 5) is 25.7. The number of carboxylic acid groups (broad SMARTS) is 1. The fourth-order valence-electron chi connectivity index (χ4n) is 3.29. The van der Waals surface area contributed by atoms with E-state index < -0.39 is 11.9 Å². The van der Waals surface area contributed by atoms with Crippen molar-refractivity contribution in [2.24, 2.45) is 5.92 Å². The molecule has 25 heavy (non-hydrogen) atoms. The second kappa shape index (κ2) is 6.70. The van der Waals surface area contributed by atoms with Gasteiger partial charge >= 0.3 is 5.97 Å². The molecule has 1 amide bonds. The van der Waals surface area contributed by atoms with E-state index in [1.807, 2.05) is 49.7 Å². The number of carboxylic acids is 1. The van der Waals surface area contributed by atoms with Crippen molar-refractivity contribution in [3.63, 3.8) is 0 Å². The Morgan fingerprint density at radius 3 is 2.48 bits per heavy atom. The zero-order valence-electron chi connectivity index (χ0n) is 14.8. The zero-order valence-corrected chi connectivity index (χ0v) is 14.8. The number of amides is 1. The van der Waals surface area contributed by atoms with Gasteiger partial charge in [0.15, 0.2) is 0 Å². The molecule has 1 fully saturated rings. The molecule has 2 heterocycles. The quantitative estimate of drug-likeness (QED) is 0.928. The first-order valence-electron chi connectivity index (χ1n) is 8.55. The van der Waals surface area contributed by atoms with Gasteiger partial charge in [-0.1, -0.05) is 31.5 Å². The summed E-state index contributed by atoms with van der Waals surface area (Å²) in [6.07, 6.45) is 2.11. The number of carbonyl (C=O) groups is 2. The third-order valence-corrected chi connectivity index (χ3v) is 4.69. The van der Waals surface area contributed by atoms with Crippen molar-refractivity contribution < 1.29 is 14.7 Å². The van der Waals surface area contributed by atoms with Crippen LogP contribution in [0.1, 0.15) is 47.8 Å². The van der Waals surface area contributed by atoms with Gasteiger partial charge < -0.3 is 10.0 Å². The molecule has 0 saturated carbocycles. The Balaban J connectivity index is 1.93. The molecular weight excluding hydrogens is 318 g/mol. The van der Waals surface area contributed by atoms with Crippen LogP contribution in [-0.4, -0.2) is 44.8 Å². The minimum Gasteiger partial charge on any atom is -0.481 e. The van der Waals surface area contributed by atoms with E-state index in [0.717, 1.165) is 16.9 Å². The molecule has 1 unspecified atom stereocenters. The molecule has 2 aromatic rings. The van der Waals surface area contributed by atoms with Crippen LogP contribution < -0.4 is 0 Å². The number of hydrogen-bond donors (Lipinski definition) is 1. The number of nitrogens with zero attached hydrogens (tertiary/aromatic N) is 3. The normalized spacial score (nSPS) is 17.3. The Labute approximate surface area is 147 Å². The van der Waals surface area contributed by atoms with Gasteiger partial charge in [0.1, 0.15) is 0 Å². The number of aryl methyl sites for hydroxylation is 1. The van der Waals surface area contributed by atoms with Crippen LogP contribution in [0.5, 0.6) is 0 Å². The fraction of sp³-hybridized carbons (Fsp3) is 0.421. The maximum absolute atomic E-state index is 12.9. The lowest BCUT2D eigenvalue weighted by Gasteiger charge is -2.18. The summed E-state index contributed by atoms with van der Waals surface area (Å²) in [5.41, 5.74) is 3.49. The van der Waals surface area contributed by atoms with E-state index in [1.165, 1.54) is 0 Å². The average molecular weight is 341 g/mol. The standard InChI is InChI=1S/C19H23N3O3/c1-12(2)17-16(18(23)21-9-8-14(11-21)19(24)25)10-20-22(17)15-6-4-13(3)5-7-15/h4-7,10,12,14H,8-9,11H2,1-3H3,(H,24,25). The number of likely N-dealkylation sites (tertiary alicyclic amines) is 1. The molecule has 1 aliphatic rings. The highest BCUT2D eigenvalue weighted by Gasteiger charge is 2.33. The smallest absolute Gasteiger partial charge is 0.308 e. The summed E-state index contributed by atoms with van der Waals surface area (Å²) >= 11 is 0. The second-order valence-electron chi connectivity index (χ2n) is 6.92. The molecule has 6 heteroatoms. The van der Waals surface area contributed by atoms with Crippen molar-refractivity contribution in [2.75, 3.05) is 13.1 Å². The SMILES string of the molecule is Cc1ccc(-n2ncc(C(=O)N3CCC(C(=O)O)C3)c2C(C)C)cc1. The highest BCUT2D eigenvalue weighted by Crippen LogP contribution is 2.26. The van der Waals surface area contributed by atoms with Gasteiger partial charge in [-0.3, -0.25) is 9.59 Å². The lowest BCUT2D eigenvalue weighted by molar-refractivity contribution is -0.141. The predicted molar refractivity (Wildman–Crippen MR) is 94.0 cm³/mol. The first-order valence-corrected chi connectivity index (χ1v) is 8.55. The molecule has 0 radical (unpaired) electrons. The van der Waals surface area contributed by atoms with E-state index in [0.29, 0.717) is 18.5 Å². The fourth-order valence-corrected chi connectivity index (χ4v) is 3.29. The molecule has 0 spiro atoms. The van der Waals surface area contributed by atoms with Gasteiger partial charge in [0.25, 0.3) is 5.91 Å². The lowest BCUT2D eigenvalue weighted by Crippen LogP contribution is -2.30. The molecule has 1 aliphatic heterocycles. The summed E-state index contributed by atoms with van der Waals surface area (Å²) in [6, 6.07) is 8.00. The highest BCUT2D eigenvalue weighted by molar-refractivity contribution is 5.96. The van der Waals surface area contributed by atoms with Crippen molar-refractivity contribution in [1.82, 2.24) is 14.7 Å². The van der Waals surface area contributed by atoms with Crippen molar-refractivity contribution in [3.8, 4) is 5.69 Å². The van der Waals surface area contributed by atoms with Crippen molar-refractivity contribution in [1.29, 1.82) is 0 Å². The number of aromatic nitrogens is 2. The van der Waals surface area contributed by atoms with Crippen LogP contribution in [0.25, 0.3) is 5.69 Å².